The Morgan fingerprint density at radius 1 is 1.06 bits per heavy atom. The van der Waals surface area contributed by atoms with Crippen LogP contribution in [0.3, 0.4) is 0 Å². The van der Waals surface area contributed by atoms with Crippen molar-refractivity contribution in [3.05, 3.63) is 34.9 Å². The molecule has 1 N–H and O–H groups in total. The Balaban J connectivity index is 2.57. The molecule has 1 aromatic rings. The first-order chi connectivity index (χ1) is 8.54. The normalized spacial score (nSPS) is 13.0. The summed E-state index contributed by atoms with van der Waals surface area (Å²) in [6, 6.07) is 6.62. The minimum absolute atomic E-state index is 0.739. The van der Waals surface area contributed by atoms with E-state index in [2.05, 4.69) is 58.1 Å². The molecule has 0 bridgehead atoms. The van der Waals surface area contributed by atoms with Crippen molar-refractivity contribution in [3.63, 3.8) is 0 Å². The van der Waals surface area contributed by atoms with Gasteiger partial charge in [-0.05, 0) is 61.9 Å². The van der Waals surface area contributed by atoms with Crippen LogP contribution >= 0.6 is 0 Å². The Hall–Kier alpha value is -0.820. The molecule has 0 saturated carbocycles. The van der Waals surface area contributed by atoms with Gasteiger partial charge in [-0.1, -0.05) is 45.4 Å². The fourth-order valence-electron chi connectivity index (χ4n) is 2.40. The van der Waals surface area contributed by atoms with Gasteiger partial charge < -0.3 is 5.32 Å². The lowest BCUT2D eigenvalue weighted by Crippen LogP contribution is -2.27. The van der Waals surface area contributed by atoms with Crippen LogP contribution in [-0.4, -0.2) is 13.1 Å². The highest BCUT2D eigenvalue weighted by atomic mass is 14.9. The van der Waals surface area contributed by atoms with Crippen LogP contribution in [0.15, 0.2) is 18.2 Å². The van der Waals surface area contributed by atoms with E-state index < -0.39 is 0 Å². The van der Waals surface area contributed by atoms with E-state index >= 15 is 0 Å². The second kappa shape index (κ2) is 7.58. The van der Waals surface area contributed by atoms with Crippen molar-refractivity contribution in [2.24, 2.45) is 11.8 Å². The molecule has 0 saturated heterocycles. The van der Waals surface area contributed by atoms with Gasteiger partial charge in [0.15, 0.2) is 0 Å². The molecule has 1 heteroatoms. The molecular weight excluding hydrogens is 218 g/mol. The Morgan fingerprint density at radius 3 is 2.17 bits per heavy atom. The number of aryl methyl sites for hydroxylation is 2. The maximum absolute atomic E-state index is 3.60. The van der Waals surface area contributed by atoms with E-state index in [0.717, 1.165) is 24.9 Å². The molecule has 0 aliphatic rings. The molecule has 0 heterocycles. The van der Waals surface area contributed by atoms with E-state index in [1.54, 1.807) is 5.56 Å². The Bertz CT molecular complexity index is 334. The van der Waals surface area contributed by atoms with Crippen LogP contribution in [0, 0.1) is 25.7 Å². The number of nitrogens with one attached hydrogen (secondary N) is 1. The van der Waals surface area contributed by atoms with Crippen molar-refractivity contribution in [2.45, 2.75) is 47.5 Å². The highest BCUT2D eigenvalue weighted by molar-refractivity contribution is 5.33. The van der Waals surface area contributed by atoms with Crippen molar-refractivity contribution in [3.8, 4) is 0 Å². The van der Waals surface area contributed by atoms with Crippen molar-refractivity contribution >= 4 is 0 Å². The summed E-state index contributed by atoms with van der Waals surface area (Å²) in [5.74, 6) is 1.49. The van der Waals surface area contributed by atoms with Crippen molar-refractivity contribution in [1.29, 1.82) is 0 Å². The molecule has 0 fully saturated rings. The van der Waals surface area contributed by atoms with Crippen LogP contribution < -0.4 is 5.32 Å². The van der Waals surface area contributed by atoms with E-state index in [9.17, 15) is 0 Å². The largest absolute Gasteiger partial charge is 0.316 e. The van der Waals surface area contributed by atoms with Crippen molar-refractivity contribution in [2.75, 3.05) is 13.1 Å². The van der Waals surface area contributed by atoms with Crippen molar-refractivity contribution < 1.29 is 0 Å². The summed E-state index contributed by atoms with van der Waals surface area (Å²) in [6.45, 7) is 13.6. The zero-order valence-electron chi connectivity index (χ0n) is 12.7. The molecule has 1 nitrogen and oxygen atoms in total. The van der Waals surface area contributed by atoms with E-state index in [-0.39, 0.29) is 0 Å². The molecule has 0 amide bonds. The molecule has 1 rings (SSSR count). The van der Waals surface area contributed by atoms with Crippen LogP contribution in [-0.2, 0) is 6.42 Å². The predicted molar refractivity (Wildman–Crippen MR) is 81.1 cm³/mol. The third-order valence-electron chi connectivity index (χ3n) is 3.70. The molecule has 1 unspecified atom stereocenters. The molecule has 0 aromatic heterocycles. The zero-order valence-corrected chi connectivity index (χ0v) is 12.7. The lowest BCUT2D eigenvalue weighted by molar-refractivity contribution is 0.436. The summed E-state index contributed by atoms with van der Waals surface area (Å²) < 4.78 is 0. The topological polar surface area (TPSA) is 12.0 Å². The van der Waals surface area contributed by atoms with Gasteiger partial charge in [0.25, 0.3) is 0 Å². The number of benzene rings is 1. The monoisotopic (exact) mass is 247 g/mol. The van der Waals surface area contributed by atoms with Gasteiger partial charge in [-0.3, -0.25) is 0 Å². The Labute approximate surface area is 113 Å². The van der Waals surface area contributed by atoms with E-state index in [4.69, 9.17) is 0 Å². The highest BCUT2D eigenvalue weighted by Crippen LogP contribution is 2.19. The van der Waals surface area contributed by atoms with Gasteiger partial charge in [0.05, 0.1) is 0 Å². The van der Waals surface area contributed by atoms with Crippen LogP contribution in [0.1, 0.15) is 43.9 Å². The smallest absolute Gasteiger partial charge is 0.00173 e. The van der Waals surface area contributed by atoms with Crippen LogP contribution in [0.5, 0.6) is 0 Å². The van der Waals surface area contributed by atoms with Gasteiger partial charge in [-0.2, -0.15) is 0 Å². The number of hydrogen-bond acceptors (Lipinski definition) is 1. The number of hydrogen-bond donors (Lipinski definition) is 1. The third kappa shape index (κ3) is 4.81. The molecule has 0 aliphatic carbocycles. The average Bonchev–Trinajstić information content (AvgIpc) is 2.31. The molecular formula is C17H29N. The van der Waals surface area contributed by atoms with Gasteiger partial charge >= 0.3 is 0 Å². The fourth-order valence-corrected chi connectivity index (χ4v) is 2.40. The average molecular weight is 247 g/mol. The van der Waals surface area contributed by atoms with Gasteiger partial charge in [0.2, 0.25) is 0 Å². The van der Waals surface area contributed by atoms with Crippen LogP contribution in [0.25, 0.3) is 0 Å². The first-order valence-electron chi connectivity index (χ1n) is 7.30. The Kier molecular flexibility index (Phi) is 6.42. The highest BCUT2D eigenvalue weighted by Gasteiger charge is 2.11. The third-order valence-corrected chi connectivity index (χ3v) is 3.70. The van der Waals surface area contributed by atoms with E-state index in [1.165, 1.54) is 24.0 Å². The molecule has 0 radical (unpaired) electrons. The zero-order chi connectivity index (χ0) is 13.5. The molecule has 0 spiro atoms. The predicted octanol–water partition coefficient (Wildman–Crippen LogP) is 4.12. The second-order valence-electron chi connectivity index (χ2n) is 5.90. The SMILES string of the molecule is CCC(CNCC(C)C)Cc1c(C)cccc1C. The lowest BCUT2D eigenvalue weighted by atomic mass is 9.91. The molecule has 102 valence electrons. The summed E-state index contributed by atoms with van der Waals surface area (Å²) in [7, 11) is 0. The van der Waals surface area contributed by atoms with Crippen LogP contribution in [0.4, 0.5) is 0 Å². The maximum atomic E-state index is 3.60. The maximum Gasteiger partial charge on any atom is -0.00173 e. The standard InChI is InChI=1S/C17H29N/c1-6-16(12-18-11-13(2)3)10-17-14(4)8-7-9-15(17)5/h7-9,13,16,18H,6,10-12H2,1-5H3. The molecule has 18 heavy (non-hydrogen) atoms. The number of rotatable bonds is 7. The van der Waals surface area contributed by atoms with Gasteiger partial charge in [-0.25, -0.2) is 0 Å². The summed E-state index contributed by atoms with van der Waals surface area (Å²) in [4.78, 5) is 0. The van der Waals surface area contributed by atoms with Gasteiger partial charge in [0.1, 0.15) is 0 Å². The van der Waals surface area contributed by atoms with E-state index in [1.807, 2.05) is 0 Å². The fraction of sp³-hybridized carbons (Fsp3) is 0.647. The second-order valence-corrected chi connectivity index (χ2v) is 5.90. The molecule has 0 aliphatic heterocycles. The van der Waals surface area contributed by atoms with Crippen molar-refractivity contribution in [1.82, 2.24) is 5.32 Å². The first kappa shape index (κ1) is 15.2. The molecule has 1 atom stereocenters. The first-order valence-corrected chi connectivity index (χ1v) is 7.30. The van der Waals surface area contributed by atoms with Crippen LogP contribution in [0.2, 0.25) is 0 Å². The summed E-state index contributed by atoms with van der Waals surface area (Å²) >= 11 is 0. The lowest BCUT2D eigenvalue weighted by Gasteiger charge is -2.19. The quantitative estimate of drug-likeness (QED) is 0.764. The minimum Gasteiger partial charge on any atom is -0.316 e. The van der Waals surface area contributed by atoms with Gasteiger partial charge in [0, 0.05) is 0 Å². The summed E-state index contributed by atoms with van der Waals surface area (Å²) in [6.07, 6.45) is 2.46. The summed E-state index contributed by atoms with van der Waals surface area (Å²) in [5.41, 5.74) is 4.44. The summed E-state index contributed by atoms with van der Waals surface area (Å²) in [5, 5.41) is 3.60. The Morgan fingerprint density at radius 2 is 1.67 bits per heavy atom. The minimum atomic E-state index is 0.739. The molecule has 1 aromatic carbocycles. The van der Waals surface area contributed by atoms with Gasteiger partial charge in [-0.15, -0.1) is 0 Å². The van der Waals surface area contributed by atoms with E-state index in [0.29, 0.717) is 0 Å².